The molecule has 1 aromatic rings. The second kappa shape index (κ2) is 7.45. The lowest BCUT2D eigenvalue weighted by molar-refractivity contribution is -0.384. The van der Waals surface area contributed by atoms with Crippen molar-refractivity contribution in [2.45, 2.75) is 59.3 Å². The number of non-ortho nitro benzene ring substituents is 1. The van der Waals surface area contributed by atoms with Gasteiger partial charge in [0.2, 0.25) is 0 Å². The van der Waals surface area contributed by atoms with E-state index in [0.29, 0.717) is 5.56 Å². The molecule has 1 fully saturated rings. The molecule has 0 saturated heterocycles. The number of rotatable bonds is 4. The van der Waals surface area contributed by atoms with Crippen molar-refractivity contribution >= 4 is 23.0 Å². The number of nitro benzene ring substituents is 1. The molecule has 0 unspecified atom stereocenters. The van der Waals surface area contributed by atoms with Gasteiger partial charge in [-0.15, -0.1) is 0 Å². The van der Waals surface area contributed by atoms with Crippen molar-refractivity contribution in [3.05, 3.63) is 51.3 Å². The van der Waals surface area contributed by atoms with E-state index in [1.807, 2.05) is 27.7 Å². The molecule has 1 aromatic carbocycles. The fourth-order valence-electron chi connectivity index (χ4n) is 4.76. The van der Waals surface area contributed by atoms with Crippen molar-refractivity contribution in [1.29, 1.82) is 0 Å². The van der Waals surface area contributed by atoms with Crippen LogP contribution in [-0.2, 0) is 14.4 Å². The molecule has 7 nitrogen and oxygen atoms in total. The van der Waals surface area contributed by atoms with E-state index in [1.54, 1.807) is 0 Å². The number of allylic oxidation sites excluding steroid dienone is 2. The molecule has 2 aliphatic carbocycles. The molecule has 1 N–H and O–H groups in total. The molecule has 1 saturated carbocycles. The Bertz CT molecular complexity index is 934. The average molecular weight is 413 g/mol. The van der Waals surface area contributed by atoms with Gasteiger partial charge in [0.1, 0.15) is 17.3 Å². The minimum absolute atomic E-state index is 0.0922. The SMILES string of the molecule is CC1(C)CC(=O)C([C@@H](C2=C(O)CC(C)(C)CC2=O)c2ccc([N+](=O)[O-])cc2)C(=O)C1. The van der Waals surface area contributed by atoms with Crippen LogP contribution in [0.4, 0.5) is 5.69 Å². The Morgan fingerprint density at radius 2 is 1.43 bits per heavy atom. The lowest BCUT2D eigenvalue weighted by Gasteiger charge is -2.39. The number of Topliss-reactive ketones (excluding diaryl/α,β-unsaturated/α-hetero) is 3. The molecule has 0 bridgehead atoms. The van der Waals surface area contributed by atoms with Gasteiger partial charge in [0.15, 0.2) is 5.78 Å². The van der Waals surface area contributed by atoms with Crippen molar-refractivity contribution in [2.24, 2.45) is 16.7 Å². The summed E-state index contributed by atoms with van der Waals surface area (Å²) in [6.45, 7) is 7.45. The van der Waals surface area contributed by atoms with Gasteiger partial charge >= 0.3 is 0 Å². The van der Waals surface area contributed by atoms with Gasteiger partial charge in [0, 0.05) is 49.3 Å². The number of nitrogens with zero attached hydrogens (tertiary/aromatic N) is 1. The second-order valence-corrected chi connectivity index (χ2v) is 10.1. The number of carbonyl (C=O) groups excluding carboxylic acids is 3. The Balaban J connectivity index is 2.15. The third-order valence-electron chi connectivity index (χ3n) is 6.00. The number of hydrogen-bond acceptors (Lipinski definition) is 6. The first-order valence-corrected chi connectivity index (χ1v) is 10.1. The predicted octanol–water partition coefficient (Wildman–Crippen LogP) is 4.45. The van der Waals surface area contributed by atoms with E-state index in [1.165, 1.54) is 24.3 Å². The van der Waals surface area contributed by atoms with Gasteiger partial charge in [-0.1, -0.05) is 39.8 Å². The van der Waals surface area contributed by atoms with Gasteiger partial charge in [0.05, 0.1) is 10.8 Å². The first-order valence-electron chi connectivity index (χ1n) is 10.1. The Labute approximate surface area is 175 Å². The summed E-state index contributed by atoms with van der Waals surface area (Å²) in [5.74, 6) is -2.95. The van der Waals surface area contributed by atoms with Crippen molar-refractivity contribution in [1.82, 2.24) is 0 Å². The molecule has 1 atom stereocenters. The molecular formula is C23H27NO6. The summed E-state index contributed by atoms with van der Waals surface area (Å²) in [5.41, 5.74) is -0.474. The third-order valence-corrected chi connectivity index (χ3v) is 6.00. The quantitative estimate of drug-likeness (QED) is 0.443. The third kappa shape index (κ3) is 4.20. The molecule has 0 amide bonds. The van der Waals surface area contributed by atoms with E-state index >= 15 is 0 Å². The largest absolute Gasteiger partial charge is 0.512 e. The Morgan fingerprint density at radius 1 is 0.933 bits per heavy atom. The summed E-state index contributed by atoms with van der Waals surface area (Å²) in [4.78, 5) is 49.6. The average Bonchev–Trinajstić information content (AvgIpc) is 2.57. The van der Waals surface area contributed by atoms with Gasteiger partial charge in [-0.05, 0) is 16.4 Å². The molecule has 0 aromatic heterocycles. The summed E-state index contributed by atoms with van der Waals surface area (Å²) in [5, 5.41) is 21.8. The van der Waals surface area contributed by atoms with E-state index in [0.717, 1.165) is 0 Å². The molecular weight excluding hydrogens is 386 g/mol. The second-order valence-electron chi connectivity index (χ2n) is 10.1. The van der Waals surface area contributed by atoms with Crippen LogP contribution in [-0.4, -0.2) is 27.4 Å². The van der Waals surface area contributed by atoms with Gasteiger partial charge in [-0.3, -0.25) is 24.5 Å². The van der Waals surface area contributed by atoms with Gasteiger partial charge < -0.3 is 5.11 Å². The fraction of sp³-hybridized carbons (Fsp3) is 0.522. The summed E-state index contributed by atoms with van der Waals surface area (Å²) in [7, 11) is 0. The highest BCUT2D eigenvalue weighted by molar-refractivity contribution is 6.09. The lowest BCUT2D eigenvalue weighted by Crippen LogP contribution is -2.43. The maximum Gasteiger partial charge on any atom is 0.269 e. The van der Waals surface area contributed by atoms with Crippen LogP contribution in [0.1, 0.15) is 64.9 Å². The highest BCUT2D eigenvalue weighted by Crippen LogP contribution is 2.47. The van der Waals surface area contributed by atoms with Crippen LogP contribution in [0.3, 0.4) is 0 Å². The number of ketones is 3. The number of nitro groups is 1. The molecule has 0 radical (unpaired) electrons. The van der Waals surface area contributed by atoms with Crippen LogP contribution < -0.4 is 0 Å². The van der Waals surface area contributed by atoms with Crippen LogP contribution >= 0.6 is 0 Å². The molecule has 30 heavy (non-hydrogen) atoms. The normalized spacial score (nSPS) is 22.9. The van der Waals surface area contributed by atoms with E-state index in [4.69, 9.17) is 0 Å². The smallest absolute Gasteiger partial charge is 0.269 e. The highest BCUT2D eigenvalue weighted by atomic mass is 16.6. The highest BCUT2D eigenvalue weighted by Gasteiger charge is 2.48. The van der Waals surface area contributed by atoms with Crippen LogP contribution in [0.2, 0.25) is 0 Å². The minimum Gasteiger partial charge on any atom is -0.512 e. The predicted molar refractivity (Wildman–Crippen MR) is 110 cm³/mol. The molecule has 0 aliphatic heterocycles. The van der Waals surface area contributed by atoms with Crippen molar-refractivity contribution in [2.75, 3.05) is 0 Å². The van der Waals surface area contributed by atoms with Crippen LogP contribution in [0.25, 0.3) is 0 Å². The number of hydrogen-bond donors (Lipinski definition) is 1. The van der Waals surface area contributed by atoms with Crippen LogP contribution in [0, 0.1) is 26.9 Å². The molecule has 0 heterocycles. The van der Waals surface area contributed by atoms with Gasteiger partial charge in [0.25, 0.3) is 5.69 Å². The maximum absolute atomic E-state index is 13.0. The Morgan fingerprint density at radius 3 is 1.90 bits per heavy atom. The summed E-state index contributed by atoms with van der Waals surface area (Å²) in [6, 6.07) is 5.52. The zero-order valence-corrected chi connectivity index (χ0v) is 17.7. The number of aliphatic hydroxyl groups excluding tert-OH is 1. The molecule has 160 valence electrons. The Kier molecular flexibility index (Phi) is 5.43. The monoisotopic (exact) mass is 413 g/mol. The fourth-order valence-corrected chi connectivity index (χ4v) is 4.76. The molecule has 7 heteroatoms. The number of aliphatic hydroxyl groups is 1. The van der Waals surface area contributed by atoms with Crippen molar-refractivity contribution in [3.63, 3.8) is 0 Å². The summed E-state index contributed by atoms with van der Waals surface area (Å²) >= 11 is 0. The van der Waals surface area contributed by atoms with E-state index in [2.05, 4.69) is 0 Å². The van der Waals surface area contributed by atoms with Gasteiger partial charge in [-0.25, -0.2) is 0 Å². The minimum atomic E-state index is -1.08. The standard InChI is InChI=1S/C23H27NO6/c1-22(2)9-15(25)20(16(26)10-22)19(13-5-7-14(8-6-13)24(29)30)21-17(27)11-23(3,4)12-18(21)28/h5-8,19-20,27H,9-12H2,1-4H3/t19-/m0/s1. The Hall–Kier alpha value is -2.83. The first-order chi connectivity index (χ1) is 13.8. The van der Waals surface area contributed by atoms with Crippen molar-refractivity contribution < 1.29 is 24.4 Å². The van der Waals surface area contributed by atoms with Gasteiger partial charge in [-0.2, -0.15) is 0 Å². The van der Waals surface area contributed by atoms with E-state index in [-0.39, 0.29) is 60.1 Å². The molecule has 3 rings (SSSR count). The summed E-state index contributed by atoms with van der Waals surface area (Å²) in [6.07, 6.45) is 0.843. The number of benzene rings is 1. The van der Waals surface area contributed by atoms with E-state index < -0.39 is 27.6 Å². The zero-order chi connectivity index (χ0) is 22.4. The summed E-state index contributed by atoms with van der Waals surface area (Å²) < 4.78 is 0. The maximum atomic E-state index is 13.0. The van der Waals surface area contributed by atoms with E-state index in [9.17, 15) is 29.6 Å². The topological polar surface area (TPSA) is 115 Å². The molecule has 0 spiro atoms. The van der Waals surface area contributed by atoms with Crippen molar-refractivity contribution in [3.8, 4) is 0 Å². The van der Waals surface area contributed by atoms with Crippen LogP contribution in [0.5, 0.6) is 0 Å². The zero-order valence-electron chi connectivity index (χ0n) is 17.7. The number of carbonyl (C=O) groups is 3. The lowest BCUT2D eigenvalue weighted by atomic mass is 9.62. The van der Waals surface area contributed by atoms with Crippen LogP contribution in [0.15, 0.2) is 35.6 Å². The first kappa shape index (κ1) is 21.9. The molecule has 2 aliphatic rings.